The van der Waals surface area contributed by atoms with Gasteiger partial charge in [-0.15, -0.1) is 0 Å². The van der Waals surface area contributed by atoms with Crippen LogP contribution in [0.5, 0.6) is 0 Å². The molecule has 2 aromatic heterocycles. The highest BCUT2D eigenvalue weighted by Gasteiger charge is 2.30. The molecule has 0 radical (unpaired) electrons. The number of pyridine rings is 2. The highest BCUT2D eigenvalue weighted by molar-refractivity contribution is 9.10. The first kappa shape index (κ1) is 14.6. The second-order valence-electron chi connectivity index (χ2n) is 5.10. The number of nitrogens with two attached hydrogens (primary N) is 1. The third-order valence-corrected chi connectivity index (χ3v) is 3.83. The van der Waals surface area contributed by atoms with Crippen LogP contribution in [0.15, 0.2) is 35.2 Å². The highest BCUT2D eigenvalue weighted by atomic mass is 79.9. The number of hydrogen-bond donors (Lipinski definition) is 2. The van der Waals surface area contributed by atoms with E-state index in [9.17, 15) is 9.59 Å². The smallest absolute Gasteiger partial charge is 0.249 e. The molecule has 112 valence electrons. The van der Waals surface area contributed by atoms with E-state index in [4.69, 9.17) is 5.73 Å². The molecule has 0 atom stereocenters. The summed E-state index contributed by atoms with van der Waals surface area (Å²) in [6, 6.07) is 3.33. The number of hydrogen-bond acceptors (Lipinski definition) is 4. The summed E-state index contributed by atoms with van der Waals surface area (Å²) in [5.74, 6) is -0.307. The van der Waals surface area contributed by atoms with E-state index in [1.807, 2.05) is 0 Å². The van der Waals surface area contributed by atoms with E-state index in [1.54, 1.807) is 18.5 Å². The lowest BCUT2D eigenvalue weighted by atomic mass is 10.0. The van der Waals surface area contributed by atoms with E-state index < -0.39 is 5.91 Å². The first-order chi connectivity index (χ1) is 10.6. The van der Waals surface area contributed by atoms with Gasteiger partial charge < -0.3 is 11.1 Å². The maximum Gasteiger partial charge on any atom is 0.249 e. The Morgan fingerprint density at radius 2 is 2.09 bits per heavy atom. The number of nitrogens with one attached hydrogen (secondary N) is 1. The Balaban J connectivity index is 2.10. The zero-order valence-corrected chi connectivity index (χ0v) is 13.1. The first-order valence-electron chi connectivity index (χ1n) is 6.77. The van der Waals surface area contributed by atoms with Crippen molar-refractivity contribution in [3.05, 3.63) is 40.8 Å². The monoisotopic (exact) mass is 360 g/mol. The van der Waals surface area contributed by atoms with E-state index >= 15 is 0 Å². The lowest BCUT2D eigenvalue weighted by Gasteiger charge is -2.13. The van der Waals surface area contributed by atoms with Crippen LogP contribution >= 0.6 is 15.9 Å². The molecule has 0 unspecified atom stereocenters. The minimum absolute atomic E-state index is 0.0347. The van der Waals surface area contributed by atoms with E-state index in [-0.39, 0.29) is 11.8 Å². The number of anilines is 1. The fraction of sp³-hybridized carbons (Fsp3) is 0.200. The Hall–Kier alpha value is -2.28. The molecule has 1 fully saturated rings. The number of amides is 2. The Bertz CT molecular complexity index is 759. The van der Waals surface area contributed by atoms with Gasteiger partial charge in [0.2, 0.25) is 11.8 Å². The molecule has 2 aromatic rings. The van der Waals surface area contributed by atoms with Crippen molar-refractivity contribution < 1.29 is 9.59 Å². The normalized spacial score (nSPS) is 13.7. The van der Waals surface area contributed by atoms with Gasteiger partial charge in [-0.25, -0.2) is 4.98 Å². The number of halogens is 1. The average molecular weight is 361 g/mol. The van der Waals surface area contributed by atoms with Gasteiger partial charge in [-0.1, -0.05) is 0 Å². The van der Waals surface area contributed by atoms with Gasteiger partial charge in [0, 0.05) is 40.1 Å². The van der Waals surface area contributed by atoms with Gasteiger partial charge in [0.05, 0.1) is 5.56 Å². The third-order valence-electron chi connectivity index (χ3n) is 3.40. The predicted molar refractivity (Wildman–Crippen MR) is 85.0 cm³/mol. The maximum absolute atomic E-state index is 12.0. The Kier molecular flexibility index (Phi) is 3.89. The van der Waals surface area contributed by atoms with Crippen molar-refractivity contribution in [2.24, 2.45) is 11.7 Å². The standard InChI is InChI=1S/C15H13BrN4O2/c16-10-5-9(6-18-7-10)12-11(13(17)21)3-4-19-14(12)20-15(22)8-1-2-8/h3-8H,1-2H2,(H2,17,21)(H,19,20,22). The van der Waals surface area contributed by atoms with Crippen LogP contribution in [0.3, 0.4) is 0 Å². The van der Waals surface area contributed by atoms with Crippen molar-refractivity contribution in [1.29, 1.82) is 0 Å². The molecule has 1 aliphatic carbocycles. The summed E-state index contributed by atoms with van der Waals surface area (Å²) < 4.78 is 0.753. The molecule has 0 aliphatic heterocycles. The van der Waals surface area contributed by atoms with Crippen LogP contribution in [-0.4, -0.2) is 21.8 Å². The molecule has 1 saturated carbocycles. The SMILES string of the molecule is NC(=O)c1ccnc(NC(=O)C2CC2)c1-c1cncc(Br)c1. The van der Waals surface area contributed by atoms with Gasteiger partial charge in [0.15, 0.2) is 0 Å². The molecule has 0 saturated heterocycles. The molecule has 3 rings (SSSR count). The summed E-state index contributed by atoms with van der Waals surface area (Å²) in [5, 5.41) is 2.78. The number of rotatable bonds is 4. The largest absolute Gasteiger partial charge is 0.366 e. The number of nitrogens with zero attached hydrogens (tertiary/aromatic N) is 2. The van der Waals surface area contributed by atoms with Crippen LogP contribution in [0.25, 0.3) is 11.1 Å². The maximum atomic E-state index is 12.0. The molecule has 3 N–H and O–H groups in total. The average Bonchev–Trinajstić information content (AvgIpc) is 3.31. The zero-order valence-electron chi connectivity index (χ0n) is 11.5. The van der Waals surface area contributed by atoms with Crippen molar-refractivity contribution in [2.45, 2.75) is 12.8 Å². The number of primary amides is 1. The molecule has 6 nitrogen and oxygen atoms in total. The van der Waals surface area contributed by atoms with Gasteiger partial charge in [-0.3, -0.25) is 14.6 Å². The van der Waals surface area contributed by atoms with Crippen molar-refractivity contribution in [3.63, 3.8) is 0 Å². The van der Waals surface area contributed by atoms with Gasteiger partial charge in [-0.2, -0.15) is 0 Å². The number of aromatic nitrogens is 2. The minimum Gasteiger partial charge on any atom is -0.366 e. The summed E-state index contributed by atoms with van der Waals surface area (Å²) in [7, 11) is 0. The summed E-state index contributed by atoms with van der Waals surface area (Å²) in [5.41, 5.74) is 6.88. The third kappa shape index (κ3) is 2.99. The molecule has 7 heteroatoms. The van der Waals surface area contributed by atoms with Crippen LogP contribution < -0.4 is 11.1 Å². The van der Waals surface area contributed by atoms with Gasteiger partial charge in [0.25, 0.3) is 0 Å². The van der Waals surface area contributed by atoms with Crippen molar-refractivity contribution in [3.8, 4) is 11.1 Å². The summed E-state index contributed by atoms with van der Waals surface area (Å²) in [4.78, 5) is 32.0. The zero-order chi connectivity index (χ0) is 15.7. The number of carbonyl (C=O) groups excluding carboxylic acids is 2. The summed E-state index contributed by atoms with van der Waals surface area (Å²) >= 11 is 3.34. The molecule has 0 bridgehead atoms. The minimum atomic E-state index is -0.584. The van der Waals surface area contributed by atoms with Crippen LogP contribution in [0.2, 0.25) is 0 Å². The molecule has 2 heterocycles. The summed E-state index contributed by atoms with van der Waals surface area (Å²) in [6.45, 7) is 0. The Morgan fingerprint density at radius 3 is 2.73 bits per heavy atom. The van der Waals surface area contributed by atoms with Gasteiger partial charge in [-0.05, 0) is 40.9 Å². The molecule has 0 aromatic carbocycles. The number of carbonyl (C=O) groups is 2. The van der Waals surface area contributed by atoms with Crippen LogP contribution in [0.4, 0.5) is 5.82 Å². The van der Waals surface area contributed by atoms with Gasteiger partial charge in [0.1, 0.15) is 5.82 Å². The Morgan fingerprint density at radius 1 is 1.32 bits per heavy atom. The second kappa shape index (κ2) is 5.84. The molecule has 1 aliphatic rings. The molecule has 22 heavy (non-hydrogen) atoms. The summed E-state index contributed by atoms with van der Waals surface area (Å²) in [6.07, 6.45) is 6.45. The van der Waals surface area contributed by atoms with Gasteiger partial charge >= 0.3 is 0 Å². The van der Waals surface area contributed by atoms with Crippen LogP contribution in [-0.2, 0) is 4.79 Å². The molecular weight excluding hydrogens is 348 g/mol. The first-order valence-corrected chi connectivity index (χ1v) is 7.56. The van der Waals surface area contributed by atoms with Crippen molar-refractivity contribution >= 4 is 33.6 Å². The quantitative estimate of drug-likeness (QED) is 0.873. The predicted octanol–water partition coefficient (Wildman–Crippen LogP) is 2.35. The van der Waals surface area contributed by atoms with E-state index in [0.29, 0.717) is 22.5 Å². The van der Waals surface area contributed by atoms with Crippen molar-refractivity contribution in [1.82, 2.24) is 9.97 Å². The van der Waals surface area contributed by atoms with Crippen LogP contribution in [0.1, 0.15) is 23.2 Å². The second-order valence-corrected chi connectivity index (χ2v) is 6.02. The van der Waals surface area contributed by atoms with E-state index in [2.05, 4.69) is 31.2 Å². The lowest BCUT2D eigenvalue weighted by Crippen LogP contribution is -2.18. The molecular formula is C15H13BrN4O2. The fourth-order valence-electron chi connectivity index (χ4n) is 2.17. The molecule has 0 spiro atoms. The van der Waals surface area contributed by atoms with E-state index in [1.165, 1.54) is 12.3 Å². The lowest BCUT2D eigenvalue weighted by molar-refractivity contribution is -0.117. The fourth-order valence-corrected chi connectivity index (χ4v) is 2.53. The van der Waals surface area contributed by atoms with Crippen LogP contribution in [0, 0.1) is 5.92 Å². The van der Waals surface area contributed by atoms with E-state index in [0.717, 1.165) is 17.3 Å². The topological polar surface area (TPSA) is 98.0 Å². The highest BCUT2D eigenvalue weighted by Crippen LogP contribution is 2.34. The molecule has 2 amide bonds. The Labute approximate surface area is 135 Å². The van der Waals surface area contributed by atoms with Crippen molar-refractivity contribution in [2.75, 3.05) is 5.32 Å².